The molecule has 0 aromatic heterocycles. The van der Waals surface area contributed by atoms with Crippen LogP contribution in [0.2, 0.25) is 0 Å². The molecule has 18 heavy (non-hydrogen) atoms. The Labute approximate surface area is 112 Å². The zero-order chi connectivity index (χ0) is 13.8. The van der Waals surface area contributed by atoms with Crippen molar-refractivity contribution in [1.82, 2.24) is 0 Å². The summed E-state index contributed by atoms with van der Waals surface area (Å²) in [6, 6.07) is 0. The van der Waals surface area contributed by atoms with Gasteiger partial charge in [-0.05, 0) is 37.5 Å². The molecule has 0 amide bonds. The molecular formula is C15H31NO2. The van der Waals surface area contributed by atoms with E-state index in [2.05, 4.69) is 20.8 Å². The third-order valence-electron chi connectivity index (χ3n) is 4.37. The lowest BCUT2D eigenvalue weighted by molar-refractivity contribution is -0.0592. The molecule has 1 saturated carbocycles. The molecule has 0 saturated heterocycles. The van der Waals surface area contributed by atoms with Crippen LogP contribution in [0.4, 0.5) is 0 Å². The Kier molecular flexibility index (Phi) is 6.09. The van der Waals surface area contributed by atoms with Crippen LogP contribution in [-0.4, -0.2) is 30.0 Å². The average Bonchev–Trinajstić information content (AvgIpc) is 2.28. The van der Waals surface area contributed by atoms with Crippen LogP contribution in [0.15, 0.2) is 0 Å². The molecule has 0 heterocycles. The fourth-order valence-corrected chi connectivity index (χ4v) is 2.84. The van der Waals surface area contributed by atoms with Gasteiger partial charge in [-0.15, -0.1) is 0 Å². The first-order chi connectivity index (χ1) is 8.35. The number of hydrogen-bond donors (Lipinski definition) is 2. The van der Waals surface area contributed by atoms with Gasteiger partial charge in [0, 0.05) is 19.6 Å². The van der Waals surface area contributed by atoms with E-state index < -0.39 is 5.60 Å². The highest BCUT2D eigenvalue weighted by molar-refractivity contribution is 4.82. The molecule has 3 heteroatoms. The first-order valence-electron chi connectivity index (χ1n) is 7.40. The minimum absolute atomic E-state index is 0.297. The summed E-state index contributed by atoms with van der Waals surface area (Å²) in [6.07, 6.45) is 4.75. The Morgan fingerprint density at radius 1 is 1.39 bits per heavy atom. The molecule has 1 aliphatic carbocycles. The van der Waals surface area contributed by atoms with E-state index in [1.807, 2.05) is 0 Å². The Bertz CT molecular complexity index is 241. The van der Waals surface area contributed by atoms with E-state index in [1.54, 1.807) is 6.92 Å². The van der Waals surface area contributed by atoms with Gasteiger partial charge in [-0.1, -0.05) is 27.2 Å². The van der Waals surface area contributed by atoms with Crippen molar-refractivity contribution in [2.45, 2.75) is 65.1 Å². The fourth-order valence-electron chi connectivity index (χ4n) is 2.84. The lowest BCUT2D eigenvalue weighted by atomic mass is 9.75. The van der Waals surface area contributed by atoms with Crippen LogP contribution in [0.3, 0.4) is 0 Å². The van der Waals surface area contributed by atoms with Gasteiger partial charge in [0.25, 0.3) is 0 Å². The summed E-state index contributed by atoms with van der Waals surface area (Å²) < 4.78 is 6.05. The monoisotopic (exact) mass is 257 g/mol. The van der Waals surface area contributed by atoms with Crippen LogP contribution in [0.5, 0.6) is 0 Å². The third kappa shape index (κ3) is 4.87. The highest BCUT2D eigenvalue weighted by atomic mass is 16.5. The molecule has 1 fully saturated rings. The highest BCUT2D eigenvalue weighted by Gasteiger charge is 2.31. The number of hydrogen-bond acceptors (Lipinski definition) is 3. The molecule has 0 radical (unpaired) electrons. The summed E-state index contributed by atoms with van der Waals surface area (Å²) in [7, 11) is 0. The van der Waals surface area contributed by atoms with Gasteiger partial charge in [-0.25, -0.2) is 0 Å². The molecule has 0 aromatic carbocycles. The second-order valence-electron chi connectivity index (χ2n) is 6.69. The smallest absolute Gasteiger partial charge is 0.0763 e. The Morgan fingerprint density at radius 2 is 2.06 bits per heavy atom. The second kappa shape index (κ2) is 6.88. The number of rotatable bonds is 6. The quantitative estimate of drug-likeness (QED) is 0.769. The lowest BCUT2D eigenvalue weighted by Crippen LogP contribution is -2.38. The number of aliphatic hydroxyl groups is 1. The number of nitrogens with two attached hydrogens (primary N) is 1. The van der Waals surface area contributed by atoms with Gasteiger partial charge in [-0.3, -0.25) is 0 Å². The van der Waals surface area contributed by atoms with Crippen LogP contribution >= 0.6 is 0 Å². The first kappa shape index (κ1) is 15.9. The molecule has 3 N–H and O–H groups in total. The Hall–Kier alpha value is -0.120. The van der Waals surface area contributed by atoms with Crippen molar-refractivity contribution in [3.63, 3.8) is 0 Å². The summed E-state index contributed by atoms with van der Waals surface area (Å²) in [5.74, 6) is 2.11. The van der Waals surface area contributed by atoms with Crippen molar-refractivity contribution in [3.8, 4) is 0 Å². The van der Waals surface area contributed by atoms with Crippen LogP contribution in [0, 0.1) is 17.8 Å². The largest absolute Gasteiger partial charge is 0.389 e. The maximum atomic E-state index is 9.87. The van der Waals surface area contributed by atoms with Crippen molar-refractivity contribution < 1.29 is 9.84 Å². The first-order valence-corrected chi connectivity index (χ1v) is 7.40. The van der Waals surface area contributed by atoms with E-state index in [1.165, 1.54) is 12.8 Å². The summed E-state index contributed by atoms with van der Waals surface area (Å²) in [5, 5.41) is 9.87. The minimum Gasteiger partial charge on any atom is -0.389 e. The molecule has 0 spiro atoms. The molecule has 108 valence electrons. The molecule has 1 aliphatic rings. The van der Waals surface area contributed by atoms with E-state index in [0.29, 0.717) is 37.5 Å². The van der Waals surface area contributed by atoms with Gasteiger partial charge in [0.2, 0.25) is 0 Å². The summed E-state index contributed by atoms with van der Waals surface area (Å²) >= 11 is 0. The summed E-state index contributed by atoms with van der Waals surface area (Å²) in [5.41, 5.74) is 4.73. The third-order valence-corrected chi connectivity index (χ3v) is 4.37. The Balaban J connectivity index is 2.41. The molecule has 4 unspecified atom stereocenters. The fraction of sp³-hybridized carbons (Fsp3) is 1.00. The van der Waals surface area contributed by atoms with E-state index in [-0.39, 0.29) is 0 Å². The van der Waals surface area contributed by atoms with Gasteiger partial charge < -0.3 is 15.6 Å². The molecule has 1 rings (SSSR count). The summed E-state index contributed by atoms with van der Waals surface area (Å²) in [4.78, 5) is 0. The van der Waals surface area contributed by atoms with Crippen molar-refractivity contribution in [2.75, 3.05) is 13.2 Å². The standard InChI is InChI=1S/C15H31NO2/c1-11(2)13-6-5-12(3)9-14(13)18-8-7-15(4,17)10-16/h11-14,17H,5-10,16H2,1-4H3. The van der Waals surface area contributed by atoms with Gasteiger partial charge >= 0.3 is 0 Å². The normalized spacial score (nSPS) is 32.5. The van der Waals surface area contributed by atoms with Crippen molar-refractivity contribution in [1.29, 1.82) is 0 Å². The van der Waals surface area contributed by atoms with E-state index in [4.69, 9.17) is 10.5 Å². The van der Waals surface area contributed by atoms with Crippen molar-refractivity contribution in [2.24, 2.45) is 23.5 Å². The van der Waals surface area contributed by atoms with Crippen molar-refractivity contribution >= 4 is 0 Å². The zero-order valence-electron chi connectivity index (χ0n) is 12.5. The molecular weight excluding hydrogens is 226 g/mol. The molecule has 0 aromatic rings. The minimum atomic E-state index is -0.784. The topological polar surface area (TPSA) is 55.5 Å². The lowest BCUT2D eigenvalue weighted by Gasteiger charge is -2.37. The predicted octanol–water partition coefficient (Wildman–Crippen LogP) is 2.56. The molecule has 3 nitrogen and oxygen atoms in total. The van der Waals surface area contributed by atoms with E-state index in [0.717, 1.165) is 12.3 Å². The van der Waals surface area contributed by atoms with Crippen molar-refractivity contribution in [3.05, 3.63) is 0 Å². The maximum absolute atomic E-state index is 9.87. The van der Waals surface area contributed by atoms with Crippen LogP contribution < -0.4 is 5.73 Å². The van der Waals surface area contributed by atoms with E-state index >= 15 is 0 Å². The summed E-state index contributed by atoms with van der Waals surface area (Å²) in [6.45, 7) is 9.57. The maximum Gasteiger partial charge on any atom is 0.0763 e. The highest BCUT2D eigenvalue weighted by Crippen LogP contribution is 2.35. The Morgan fingerprint density at radius 3 is 2.61 bits per heavy atom. The van der Waals surface area contributed by atoms with Gasteiger partial charge in [0.05, 0.1) is 11.7 Å². The number of ether oxygens (including phenoxy) is 1. The molecule has 4 atom stereocenters. The van der Waals surface area contributed by atoms with Gasteiger partial charge in [0.15, 0.2) is 0 Å². The molecule has 0 bridgehead atoms. The van der Waals surface area contributed by atoms with Crippen LogP contribution in [0.1, 0.15) is 53.4 Å². The average molecular weight is 257 g/mol. The van der Waals surface area contributed by atoms with Gasteiger partial charge in [0.1, 0.15) is 0 Å². The van der Waals surface area contributed by atoms with Crippen LogP contribution in [-0.2, 0) is 4.74 Å². The predicted molar refractivity (Wildman–Crippen MR) is 75.4 cm³/mol. The van der Waals surface area contributed by atoms with Crippen LogP contribution in [0.25, 0.3) is 0 Å². The second-order valence-corrected chi connectivity index (χ2v) is 6.69. The SMILES string of the molecule is CC1CCC(C(C)C)C(OCCC(C)(O)CN)C1. The van der Waals surface area contributed by atoms with E-state index in [9.17, 15) is 5.11 Å². The van der Waals surface area contributed by atoms with Gasteiger partial charge in [-0.2, -0.15) is 0 Å². The zero-order valence-corrected chi connectivity index (χ0v) is 12.5. The molecule has 0 aliphatic heterocycles.